The Morgan fingerprint density at radius 2 is 1.74 bits per heavy atom. The molecule has 0 heterocycles. The van der Waals surface area contributed by atoms with E-state index in [-0.39, 0.29) is 11.0 Å². The van der Waals surface area contributed by atoms with E-state index in [0.717, 1.165) is 25.9 Å². The summed E-state index contributed by atoms with van der Waals surface area (Å²) in [4.78, 5) is 10.6. The van der Waals surface area contributed by atoms with Crippen molar-refractivity contribution in [2.24, 2.45) is 0 Å². The predicted octanol–water partition coefficient (Wildman–Crippen LogP) is 4.30. The Morgan fingerprint density at radius 3 is 2.21 bits per heavy atom. The summed E-state index contributed by atoms with van der Waals surface area (Å²) >= 11 is 0. The van der Waals surface area contributed by atoms with Crippen molar-refractivity contribution in [2.75, 3.05) is 13.2 Å². The zero-order valence-electron chi connectivity index (χ0n) is 13.5. The first-order valence-electron chi connectivity index (χ1n) is 7.00. The molecule has 0 rings (SSSR count). The summed E-state index contributed by atoms with van der Waals surface area (Å²) in [5.74, 6) is -0.216. The molecular weight excluding hydrogens is 256 g/mol. The number of hydrogen-bond donors (Lipinski definition) is 0. The highest BCUT2D eigenvalue weighted by molar-refractivity contribution is 6.74. The highest BCUT2D eigenvalue weighted by Crippen LogP contribution is 2.36. The third-order valence-electron chi connectivity index (χ3n) is 3.70. The molecule has 0 aliphatic rings. The molecule has 0 bridgehead atoms. The Balaban J connectivity index is 3.78. The van der Waals surface area contributed by atoms with E-state index in [1.165, 1.54) is 12.5 Å². The minimum Gasteiger partial charge on any atom is -0.466 e. The molecule has 0 radical (unpaired) electrons. The van der Waals surface area contributed by atoms with E-state index in [0.29, 0.717) is 6.61 Å². The average molecular weight is 286 g/mol. The second kappa shape index (κ2) is 7.85. The van der Waals surface area contributed by atoms with Gasteiger partial charge in [0.1, 0.15) is 0 Å². The lowest BCUT2D eigenvalue weighted by Gasteiger charge is -2.36. The van der Waals surface area contributed by atoms with Gasteiger partial charge in [-0.1, -0.05) is 32.9 Å². The molecule has 0 aliphatic carbocycles. The van der Waals surface area contributed by atoms with Crippen molar-refractivity contribution in [3.05, 3.63) is 12.2 Å². The highest BCUT2D eigenvalue weighted by atomic mass is 28.4. The maximum Gasteiger partial charge on any atom is 0.302 e. The zero-order valence-corrected chi connectivity index (χ0v) is 14.5. The number of carbonyl (C=O) groups excluding carboxylic acids is 1. The average Bonchev–Trinajstić information content (AvgIpc) is 2.22. The summed E-state index contributed by atoms with van der Waals surface area (Å²) in [5, 5.41) is 0.254. The monoisotopic (exact) mass is 286 g/mol. The summed E-state index contributed by atoms with van der Waals surface area (Å²) < 4.78 is 11.0. The van der Waals surface area contributed by atoms with Gasteiger partial charge in [-0.3, -0.25) is 4.79 Å². The van der Waals surface area contributed by atoms with Crippen LogP contribution in [0.4, 0.5) is 0 Å². The van der Waals surface area contributed by atoms with Crippen LogP contribution in [0.5, 0.6) is 0 Å². The van der Waals surface area contributed by atoms with Crippen LogP contribution in [0.15, 0.2) is 12.2 Å². The SMILES string of the molecule is C=C(CCCOC(C)=O)CCO[Si](C)(C)C(C)(C)C. The standard InChI is InChI=1S/C15H30O3Si/c1-13(9-8-11-17-14(2)16)10-12-18-19(6,7)15(3,4)5/h1,8-12H2,2-7H3. The second-order valence-electron chi connectivity index (χ2n) is 6.55. The van der Waals surface area contributed by atoms with Crippen LogP contribution < -0.4 is 0 Å². The fourth-order valence-corrected chi connectivity index (χ4v) is 2.38. The van der Waals surface area contributed by atoms with Gasteiger partial charge in [0.05, 0.1) is 6.61 Å². The molecule has 0 saturated heterocycles. The smallest absolute Gasteiger partial charge is 0.302 e. The van der Waals surface area contributed by atoms with Gasteiger partial charge in [-0.15, -0.1) is 0 Å². The largest absolute Gasteiger partial charge is 0.466 e. The van der Waals surface area contributed by atoms with Gasteiger partial charge in [-0.05, 0) is 37.4 Å². The molecule has 0 saturated carbocycles. The van der Waals surface area contributed by atoms with E-state index in [4.69, 9.17) is 9.16 Å². The fourth-order valence-electron chi connectivity index (χ4n) is 1.33. The van der Waals surface area contributed by atoms with Gasteiger partial charge in [-0.2, -0.15) is 0 Å². The van der Waals surface area contributed by atoms with Gasteiger partial charge in [0.15, 0.2) is 8.32 Å². The Kier molecular flexibility index (Phi) is 7.60. The van der Waals surface area contributed by atoms with Gasteiger partial charge >= 0.3 is 5.97 Å². The molecule has 3 nitrogen and oxygen atoms in total. The first-order valence-corrected chi connectivity index (χ1v) is 9.91. The summed E-state index contributed by atoms with van der Waals surface area (Å²) in [5.41, 5.74) is 1.17. The van der Waals surface area contributed by atoms with Crippen LogP contribution in [0.25, 0.3) is 0 Å². The molecule has 19 heavy (non-hydrogen) atoms. The lowest BCUT2D eigenvalue weighted by Crippen LogP contribution is -2.41. The third kappa shape index (κ3) is 8.21. The van der Waals surface area contributed by atoms with Crippen LogP contribution in [0.1, 0.15) is 47.0 Å². The summed E-state index contributed by atoms with van der Waals surface area (Å²) in [6, 6.07) is 0. The molecular formula is C15H30O3Si. The maximum absolute atomic E-state index is 10.6. The third-order valence-corrected chi connectivity index (χ3v) is 8.24. The van der Waals surface area contributed by atoms with E-state index in [1.54, 1.807) is 0 Å². The predicted molar refractivity (Wildman–Crippen MR) is 82.8 cm³/mol. The van der Waals surface area contributed by atoms with Gasteiger partial charge < -0.3 is 9.16 Å². The summed E-state index contributed by atoms with van der Waals surface area (Å²) in [6.45, 7) is 18.0. The zero-order chi connectivity index (χ0) is 15.1. The Bertz CT molecular complexity index is 303. The van der Waals surface area contributed by atoms with Gasteiger partial charge in [0, 0.05) is 13.5 Å². The first kappa shape index (κ1) is 18.4. The van der Waals surface area contributed by atoms with Crippen molar-refractivity contribution < 1.29 is 14.0 Å². The number of esters is 1. The van der Waals surface area contributed by atoms with Crippen molar-refractivity contribution in [1.82, 2.24) is 0 Å². The maximum atomic E-state index is 10.6. The number of ether oxygens (including phenoxy) is 1. The van der Waals surface area contributed by atoms with Gasteiger partial charge in [0.2, 0.25) is 0 Å². The molecule has 0 atom stereocenters. The lowest BCUT2D eigenvalue weighted by molar-refractivity contribution is -0.141. The van der Waals surface area contributed by atoms with Crippen LogP contribution in [-0.2, 0) is 14.0 Å². The van der Waals surface area contributed by atoms with Crippen LogP contribution in [0, 0.1) is 0 Å². The van der Waals surface area contributed by atoms with Crippen LogP contribution in [0.2, 0.25) is 18.1 Å². The van der Waals surface area contributed by atoms with Crippen LogP contribution >= 0.6 is 0 Å². The minimum absolute atomic E-state index is 0.216. The Labute approximate surface area is 119 Å². The molecule has 0 amide bonds. The quantitative estimate of drug-likeness (QED) is 0.289. The minimum atomic E-state index is -1.64. The van der Waals surface area contributed by atoms with E-state index < -0.39 is 8.32 Å². The molecule has 112 valence electrons. The topological polar surface area (TPSA) is 35.5 Å². The molecule has 0 aromatic rings. The van der Waals surface area contributed by atoms with Crippen LogP contribution in [-0.4, -0.2) is 27.5 Å². The number of hydrogen-bond acceptors (Lipinski definition) is 3. The first-order chi connectivity index (χ1) is 8.56. The Hall–Kier alpha value is -0.613. The van der Waals surface area contributed by atoms with Crippen molar-refractivity contribution in [2.45, 2.75) is 65.1 Å². The van der Waals surface area contributed by atoms with E-state index >= 15 is 0 Å². The van der Waals surface area contributed by atoms with Crippen LogP contribution in [0.3, 0.4) is 0 Å². The number of rotatable bonds is 8. The van der Waals surface area contributed by atoms with Crippen molar-refractivity contribution in [1.29, 1.82) is 0 Å². The summed E-state index contributed by atoms with van der Waals surface area (Å²) in [6.07, 6.45) is 2.64. The molecule has 0 unspecified atom stereocenters. The highest BCUT2D eigenvalue weighted by Gasteiger charge is 2.36. The molecule has 0 aromatic heterocycles. The molecule has 0 fully saturated rings. The van der Waals surface area contributed by atoms with E-state index in [1.807, 2.05) is 0 Å². The Morgan fingerprint density at radius 1 is 1.16 bits per heavy atom. The lowest BCUT2D eigenvalue weighted by atomic mass is 10.1. The molecule has 0 spiro atoms. The van der Waals surface area contributed by atoms with Gasteiger partial charge in [-0.25, -0.2) is 0 Å². The van der Waals surface area contributed by atoms with E-state index in [9.17, 15) is 4.79 Å². The second-order valence-corrected chi connectivity index (χ2v) is 11.4. The molecule has 0 aromatic carbocycles. The van der Waals surface area contributed by atoms with Crippen molar-refractivity contribution in [3.63, 3.8) is 0 Å². The van der Waals surface area contributed by atoms with Crippen molar-refractivity contribution in [3.8, 4) is 0 Å². The number of carbonyl (C=O) groups is 1. The van der Waals surface area contributed by atoms with Crippen molar-refractivity contribution >= 4 is 14.3 Å². The van der Waals surface area contributed by atoms with Gasteiger partial charge in [0.25, 0.3) is 0 Å². The fraction of sp³-hybridized carbons (Fsp3) is 0.800. The molecule has 0 aliphatic heterocycles. The van der Waals surface area contributed by atoms with E-state index in [2.05, 4.69) is 40.4 Å². The molecule has 4 heteroatoms. The molecule has 0 N–H and O–H groups in total. The normalized spacial score (nSPS) is 12.3. The summed E-state index contributed by atoms with van der Waals surface area (Å²) in [7, 11) is -1.64.